The van der Waals surface area contributed by atoms with Crippen LogP contribution < -0.4 is 16.2 Å². The number of nitrogens with two attached hydrogens (primary N) is 1. The summed E-state index contributed by atoms with van der Waals surface area (Å²) in [5, 5.41) is 10.7. The lowest BCUT2D eigenvalue weighted by atomic mass is 9.87. The Morgan fingerprint density at radius 1 is 1.11 bits per heavy atom. The van der Waals surface area contributed by atoms with E-state index in [1.54, 1.807) is 13.1 Å². The maximum absolute atomic E-state index is 13.1. The van der Waals surface area contributed by atoms with Gasteiger partial charge in [-0.25, -0.2) is 9.97 Å². The number of nitrogens with zero attached hydrogens (tertiary/aromatic N) is 4. The fourth-order valence-corrected chi connectivity index (χ4v) is 5.26. The van der Waals surface area contributed by atoms with E-state index in [0.29, 0.717) is 24.5 Å². The van der Waals surface area contributed by atoms with Crippen LogP contribution in [0.2, 0.25) is 0 Å². The number of carbonyl (C=O) groups excluding carboxylic acids is 1. The van der Waals surface area contributed by atoms with Crippen molar-refractivity contribution in [2.75, 3.05) is 11.4 Å². The molecule has 0 spiro atoms. The summed E-state index contributed by atoms with van der Waals surface area (Å²) in [6.07, 6.45) is 3.24. The summed E-state index contributed by atoms with van der Waals surface area (Å²) in [6.45, 7) is 0.565. The van der Waals surface area contributed by atoms with Crippen LogP contribution >= 0.6 is 0 Å². The summed E-state index contributed by atoms with van der Waals surface area (Å²) in [7, 11) is 1.58. The van der Waals surface area contributed by atoms with Gasteiger partial charge >= 0.3 is 0 Å². The van der Waals surface area contributed by atoms with Crippen LogP contribution in [0.3, 0.4) is 0 Å². The first kappa shape index (κ1) is 22.1. The fourth-order valence-electron chi connectivity index (χ4n) is 5.26. The summed E-state index contributed by atoms with van der Waals surface area (Å²) in [6, 6.07) is 15.0. The van der Waals surface area contributed by atoms with Gasteiger partial charge in [-0.3, -0.25) is 14.2 Å². The zero-order chi connectivity index (χ0) is 25.0. The van der Waals surface area contributed by atoms with Crippen LogP contribution in [-0.4, -0.2) is 32.1 Å². The lowest BCUT2D eigenvalue weighted by molar-refractivity contribution is 0.1000. The molecule has 2 aromatic carbocycles. The molecule has 36 heavy (non-hydrogen) atoms. The van der Waals surface area contributed by atoms with Gasteiger partial charge in [0.15, 0.2) is 5.69 Å². The van der Waals surface area contributed by atoms with Gasteiger partial charge in [-0.1, -0.05) is 36.4 Å². The van der Waals surface area contributed by atoms with Crippen molar-refractivity contribution >= 4 is 11.9 Å². The van der Waals surface area contributed by atoms with Crippen molar-refractivity contribution in [2.45, 2.75) is 31.7 Å². The Morgan fingerprint density at radius 3 is 2.67 bits per heavy atom. The number of aryl methyl sites for hydroxylation is 2. The summed E-state index contributed by atoms with van der Waals surface area (Å²) in [5.41, 5.74) is 9.29. The molecule has 0 fully saturated rings. The summed E-state index contributed by atoms with van der Waals surface area (Å²) in [5.74, 6) is 0.305. The van der Waals surface area contributed by atoms with E-state index < -0.39 is 17.2 Å². The van der Waals surface area contributed by atoms with Gasteiger partial charge in [0.1, 0.15) is 5.76 Å². The number of amides is 1. The highest BCUT2D eigenvalue weighted by Crippen LogP contribution is 2.39. The Kier molecular flexibility index (Phi) is 5.13. The maximum Gasteiger partial charge on any atom is 0.297 e. The normalized spacial score (nSPS) is 16.6. The van der Waals surface area contributed by atoms with Crippen molar-refractivity contribution in [3.05, 3.63) is 92.6 Å². The summed E-state index contributed by atoms with van der Waals surface area (Å²) in [4.78, 5) is 36.4. The molecular weight excluding hydrogens is 458 g/mol. The van der Waals surface area contributed by atoms with Crippen molar-refractivity contribution in [3.63, 3.8) is 0 Å². The quantitative estimate of drug-likeness (QED) is 0.457. The highest BCUT2D eigenvalue weighted by atomic mass is 16.4. The average Bonchev–Trinajstić information content (AvgIpc) is 3.50. The Bertz CT molecular complexity index is 1540. The molecule has 3 N–H and O–H groups in total. The van der Waals surface area contributed by atoms with Crippen molar-refractivity contribution in [2.24, 2.45) is 12.8 Å². The highest BCUT2D eigenvalue weighted by Gasteiger charge is 2.33. The van der Waals surface area contributed by atoms with Crippen LogP contribution in [0.15, 0.2) is 57.7 Å². The Morgan fingerprint density at radius 2 is 1.92 bits per heavy atom. The van der Waals surface area contributed by atoms with Crippen molar-refractivity contribution in [1.29, 1.82) is 0 Å². The van der Waals surface area contributed by atoms with Gasteiger partial charge in [0.2, 0.25) is 23.5 Å². The van der Waals surface area contributed by atoms with Crippen LogP contribution in [0.5, 0.6) is 5.75 Å². The van der Waals surface area contributed by atoms with E-state index in [4.69, 9.17) is 15.1 Å². The number of benzene rings is 2. The molecule has 1 aliphatic heterocycles. The highest BCUT2D eigenvalue weighted by molar-refractivity contribution is 5.93. The number of carbonyl (C=O) groups is 1. The van der Waals surface area contributed by atoms with E-state index in [-0.39, 0.29) is 17.6 Å². The van der Waals surface area contributed by atoms with Crippen molar-refractivity contribution < 1.29 is 14.3 Å². The van der Waals surface area contributed by atoms with Gasteiger partial charge in [-0.15, -0.1) is 0 Å². The molecule has 0 radical (unpaired) electrons. The number of oxazole rings is 1. The van der Waals surface area contributed by atoms with Gasteiger partial charge in [-0.2, -0.15) is 0 Å². The Balaban J connectivity index is 1.54. The van der Waals surface area contributed by atoms with Crippen LogP contribution in [0, 0.1) is 0 Å². The molecule has 0 unspecified atom stereocenters. The third kappa shape index (κ3) is 3.46. The molecule has 1 aliphatic carbocycles. The molecule has 2 aliphatic rings. The minimum atomic E-state index is -0.586. The molecule has 0 saturated carbocycles. The lowest BCUT2D eigenvalue weighted by Crippen LogP contribution is -2.40. The maximum atomic E-state index is 13.1. The van der Waals surface area contributed by atoms with Gasteiger partial charge in [0.25, 0.3) is 5.56 Å². The first-order chi connectivity index (χ1) is 17.4. The molecular formula is C27H25N5O4. The van der Waals surface area contributed by atoms with Crippen molar-refractivity contribution in [1.82, 2.24) is 14.5 Å². The van der Waals surface area contributed by atoms with Gasteiger partial charge < -0.3 is 20.2 Å². The number of anilines is 1. The molecule has 1 amide bonds. The minimum Gasteiger partial charge on any atom is -0.501 e. The Hall–Kier alpha value is -4.40. The van der Waals surface area contributed by atoms with Crippen LogP contribution in [0.1, 0.15) is 51.0 Å². The standard InChI is InChI=1S/C27H25N5O4/c1-31-26(35)23(33)21(25-29-19-8-5-9-20(19)36-25)30-27(31)32-13-12-15-10-11-17(24(28)34)14-18(15)22(32)16-6-3-2-4-7-16/h2-4,6-7,10-11,14,22,33H,5,8-9,12-13H2,1H3,(H2,28,34)/t22-/m1/s1. The zero-order valence-electron chi connectivity index (χ0n) is 19.8. The van der Waals surface area contributed by atoms with E-state index in [1.807, 2.05) is 47.4 Å². The van der Waals surface area contributed by atoms with E-state index >= 15 is 0 Å². The number of hydrogen-bond acceptors (Lipinski definition) is 7. The molecule has 9 nitrogen and oxygen atoms in total. The summed E-state index contributed by atoms with van der Waals surface area (Å²) < 4.78 is 7.23. The molecule has 4 aromatic rings. The molecule has 9 heteroatoms. The molecule has 1 atom stereocenters. The first-order valence-corrected chi connectivity index (χ1v) is 12.0. The lowest BCUT2D eigenvalue weighted by Gasteiger charge is -2.39. The van der Waals surface area contributed by atoms with Crippen LogP contribution in [-0.2, 0) is 26.3 Å². The SMILES string of the molecule is Cn1c(N2CCc3ccc(C(N)=O)cc3[C@H]2c2ccccc2)nc(-c2nc3c(o2)CCC3)c(O)c1=O. The predicted molar refractivity (Wildman–Crippen MR) is 133 cm³/mol. The number of rotatable bonds is 4. The smallest absolute Gasteiger partial charge is 0.297 e. The fraction of sp³-hybridized carbons (Fsp3) is 0.259. The number of aromatic hydroxyl groups is 1. The second-order valence-corrected chi connectivity index (χ2v) is 9.25. The Labute approximate surface area is 206 Å². The molecule has 0 saturated heterocycles. The van der Waals surface area contributed by atoms with Crippen molar-refractivity contribution in [3.8, 4) is 17.3 Å². The topological polar surface area (TPSA) is 127 Å². The molecule has 0 bridgehead atoms. The second-order valence-electron chi connectivity index (χ2n) is 9.25. The number of aromatic nitrogens is 3. The monoisotopic (exact) mass is 483 g/mol. The van der Waals surface area contributed by atoms with Gasteiger partial charge in [-0.05, 0) is 48.1 Å². The predicted octanol–water partition coefficient (Wildman–Crippen LogP) is 2.88. The minimum absolute atomic E-state index is 0.0333. The van der Waals surface area contributed by atoms with Crippen LogP contribution in [0.4, 0.5) is 5.95 Å². The molecule has 182 valence electrons. The zero-order valence-corrected chi connectivity index (χ0v) is 19.8. The second kappa shape index (κ2) is 8.37. The average molecular weight is 484 g/mol. The van der Waals surface area contributed by atoms with Crippen LogP contribution in [0.25, 0.3) is 11.6 Å². The molecule has 6 rings (SSSR count). The van der Waals surface area contributed by atoms with Gasteiger partial charge in [0.05, 0.1) is 11.7 Å². The van der Waals surface area contributed by atoms with Gasteiger partial charge in [0, 0.05) is 25.6 Å². The van der Waals surface area contributed by atoms with E-state index in [2.05, 4.69) is 4.98 Å². The number of hydrogen-bond donors (Lipinski definition) is 2. The van der Waals surface area contributed by atoms with E-state index in [0.717, 1.165) is 47.4 Å². The largest absolute Gasteiger partial charge is 0.501 e. The van der Waals surface area contributed by atoms with E-state index in [9.17, 15) is 14.7 Å². The van der Waals surface area contributed by atoms with E-state index in [1.165, 1.54) is 4.57 Å². The third-order valence-corrected chi connectivity index (χ3v) is 7.07. The molecule has 3 heterocycles. The molecule has 2 aromatic heterocycles. The summed E-state index contributed by atoms with van der Waals surface area (Å²) >= 11 is 0. The third-order valence-electron chi connectivity index (χ3n) is 7.07. The number of primary amides is 1. The number of fused-ring (bicyclic) bond motifs is 2. The first-order valence-electron chi connectivity index (χ1n) is 12.0.